The van der Waals surface area contributed by atoms with E-state index in [1.54, 1.807) is 7.11 Å². The number of aromatic nitrogens is 2. The van der Waals surface area contributed by atoms with Crippen molar-refractivity contribution < 1.29 is 4.74 Å². The summed E-state index contributed by atoms with van der Waals surface area (Å²) in [4.78, 5) is 11.7. The van der Waals surface area contributed by atoms with E-state index >= 15 is 0 Å². The summed E-state index contributed by atoms with van der Waals surface area (Å²) in [5.41, 5.74) is 11.0. The van der Waals surface area contributed by atoms with Crippen LogP contribution in [0.15, 0.2) is 10.9 Å². The van der Waals surface area contributed by atoms with Gasteiger partial charge in [0.15, 0.2) is 0 Å². The third-order valence-corrected chi connectivity index (χ3v) is 3.58. The zero-order valence-electron chi connectivity index (χ0n) is 11.7. The van der Waals surface area contributed by atoms with Gasteiger partial charge >= 0.3 is 0 Å². The van der Waals surface area contributed by atoms with Gasteiger partial charge in [-0.3, -0.25) is 15.0 Å². The molecule has 0 aliphatic carbocycles. The van der Waals surface area contributed by atoms with Crippen molar-refractivity contribution in [1.82, 2.24) is 10.2 Å². The number of hydrogen-bond donors (Lipinski definition) is 3. The van der Waals surface area contributed by atoms with Crippen LogP contribution in [0.2, 0.25) is 0 Å². The summed E-state index contributed by atoms with van der Waals surface area (Å²) in [7, 11) is 1.66. The van der Waals surface area contributed by atoms with Gasteiger partial charge in [0.25, 0.3) is 5.56 Å². The molecule has 0 atom stereocenters. The van der Waals surface area contributed by atoms with Gasteiger partial charge in [-0.15, -0.1) is 0 Å². The van der Waals surface area contributed by atoms with Gasteiger partial charge in [-0.05, 0) is 43.5 Å². The molecule has 0 radical (unpaired) electrons. The maximum atomic E-state index is 11.7. The zero-order chi connectivity index (χ0) is 14.2. The third-order valence-electron chi connectivity index (χ3n) is 3.58. The lowest BCUT2D eigenvalue weighted by molar-refractivity contribution is 0.408. The molecule has 1 aromatic heterocycles. The van der Waals surface area contributed by atoms with Crippen LogP contribution in [0, 0.1) is 20.8 Å². The number of methoxy groups -OCH3 is 1. The molecule has 5 heteroatoms. The van der Waals surface area contributed by atoms with Gasteiger partial charge in [0.2, 0.25) is 0 Å². The van der Waals surface area contributed by atoms with Gasteiger partial charge < -0.3 is 10.5 Å². The predicted octanol–water partition coefficient (Wildman–Crippen LogP) is 1.76. The first kappa shape index (κ1) is 13.4. The topological polar surface area (TPSA) is 83.9 Å². The monoisotopic (exact) mass is 261 g/mol. The number of nitrogens with two attached hydrogens (primary N) is 1. The molecule has 0 bridgehead atoms. The van der Waals surface area contributed by atoms with Gasteiger partial charge in [-0.25, -0.2) is 0 Å². The average Bonchev–Trinajstić information content (AvgIpc) is 2.75. The Morgan fingerprint density at radius 3 is 2.47 bits per heavy atom. The summed E-state index contributed by atoms with van der Waals surface area (Å²) < 4.78 is 5.40. The second-order valence-corrected chi connectivity index (χ2v) is 4.66. The third kappa shape index (κ3) is 2.06. The van der Waals surface area contributed by atoms with Crippen LogP contribution in [-0.2, 0) is 6.54 Å². The van der Waals surface area contributed by atoms with Crippen molar-refractivity contribution in [2.45, 2.75) is 27.3 Å². The predicted molar refractivity (Wildman–Crippen MR) is 75.5 cm³/mol. The molecule has 0 saturated carbocycles. The van der Waals surface area contributed by atoms with E-state index in [0.717, 1.165) is 33.7 Å². The van der Waals surface area contributed by atoms with Crippen LogP contribution < -0.4 is 16.0 Å². The Morgan fingerprint density at radius 1 is 1.21 bits per heavy atom. The lowest BCUT2D eigenvalue weighted by atomic mass is 9.95. The molecular formula is C14H19N3O2. The molecular weight excluding hydrogens is 242 g/mol. The highest BCUT2D eigenvalue weighted by atomic mass is 16.5. The molecule has 4 N–H and O–H groups in total. The first-order valence-corrected chi connectivity index (χ1v) is 6.16. The summed E-state index contributed by atoms with van der Waals surface area (Å²) in [5, 5.41) is 5.51. The van der Waals surface area contributed by atoms with Crippen LogP contribution in [0.3, 0.4) is 0 Å². The standard InChI is InChI=1S/C14H19N3O2/c1-7-5-10(8(2)9(3)13(7)19-4)12-11(6-15)14(18)17-16-12/h5H,6,15H2,1-4H3,(H2,16,17,18). The Hall–Kier alpha value is -2.01. The van der Waals surface area contributed by atoms with Crippen LogP contribution in [0.25, 0.3) is 11.3 Å². The highest BCUT2D eigenvalue weighted by Gasteiger charge is 2.16. The Morgan fingerprint density at radius 2 is 1.89 bits per heavy atom. The van der Waals surface area contributed by atoms with E-state index in [1.165, 1.54) is 0 Å². The van der Waals surface area contributed by atoms with Crippen molar-refractivity contribution in [3.8, 4) is 17.0 Å². The fourth-order valence-corrected chi connectivity index (χ4v) is 2.44. The summed E-state index contributed by atoms with van der Waals surface area (Å²) >= 11 is 0. The van der Waals surface area contributed by atoms with Gasteiger partial charge in [-0.2, -0.15) is 0 Å². The molecule has 1 aromatic carbocycles. The minimum atomic E-state index is -0.164. The Balaban J connectivity index is 2.73. The molecule has 2 rings (SSSR count). The van der Waals surface area contributed by atoms with E-state index in [4.69, 9.17) is 10.5 Å². The Kier molecular flexibility index (Phi) is 3.48. The van der Waals surface area contributed by atoms with E-state index in [0.29, 0.717) is 5.56 Å². The minimum absolute atomic E-state index is 0.164. The van der Waals surface area contributed by atoms with Crippen molar-refractivity contribution in [2.75, 3.05) is 7.11 Å². The minimum Gasteiger partial charge on any atom is -0.496 e. The zero-order valence-corrected chi connectivity index (χ0v) is 11.7. The molecule has 0 spiro atoms. The maximum Gasteiger partial charge on any atom is 0.269 e. The van der Waals surface area contributed by atoms with Gasteiger partial charge in [0, 0.05) is 12.1 Å². The maximum absolute atomic E-state index is 11.7. The summed E-state index contributed by atoms with van der Waals surface area (Å²) in [5.74, 6) is 0.883. The van der Waals surface area contributed by atoms with E-state index in [1.807, 2.05) is 26.8 Å². The number of H-pyrrole nitrogens is 2. The summed E-state index contributed by atoms with van der Waals surface area (Å²) in [6.07, 6.45) is 0. The van der Waals surface area contributed by atoms with Crippen molar-refractivity contribution in [2.24, 2.45) is 5.73 Å². The fourth-order valence-electron chi connectivity index (χ4n) is 2.44. The molecule has 0 amide bonds. The van der Waals surface area contributed by atoms with Crippen LogP contribution in [0.4, 0.5) is 0 Å². The molecule has 0 aliphatic heterocycles. The van der Waals surface area contributed by atoms with Gasteiger partial charge in [0.1, 0.15) is 5.75 Å². The van der Waals surface area contributed by atoms with Gasteiger partial charge in [0.05, 0.1) is 18.4 Å². The second-order valence-electron chi connectivity index (χ2n) is 4.66. The van der Waals surface area contributed by atoms with E-state index < -0.39 is 0 Å². The highest BCUT2D eigenvalue weighted by Crippen LogP contribution is 2.33. The molecule has 5 nitrogen and oxygen atoms in total. The molecule has 0 unspecified atom stereocenters. The number of nitrogens with one attached hydrogen (secondary N) is 2. The molecule has 102 valence electrons. The van der Waals surface area contributed by atoms with Crippen molar-refractivity contribution in [3.63, 3.8) is 0 Å². The van der Waals surface area contributed by atoms with E-state index in [-0.39, 0.29) is 12.1 Å². The number of rotatable bonds is 3. The molecule has 2 aromatic rings. The smallest absolute Gasteiger partial charge is 0.269 e. The second kappa shape index (κ2) is 4.93. The summed E-state index contributed by atoms with van der Waals surface area (Å²) in [6, 6.07) is 2.01. The van der Waals surface area contributed by atoms with Crippen molar-refractivity contribution in [3.05, 3.63) is 38.7 Å². The van der Waals surface area contributed by atoms with Crippen molar-refractivity contribution >= 4 is 0 Å². The number of aryl methyl sites for hydroxylation is 1. The average molecular weight is 261 g/mol. The molecule has 0 aliphatic rings. The highest BCUT2D eigenvalue weighted by molar-refractivity contribution is 5.71. The number of aromatic amines is 2. The lowest BCUT2D eigenvalue weighted by Gasteiger charge is -2.15. The van der Waals surface area contributed by atoms with E-state index in [2.05, 4.69) is 10.2 Å². The largest absolute Gasteiger partial charge is 0.496 e. The van der Waals surface area contributed by atoms with E-state index in [9.17, 15) is 4.79 Å². The SMILES string of the molecule is COc1c(C)cc(-c2[nH][nH]c(=O)c2CN)c(C)c1C. The number of hydrogen-bond acceptors (Lipinski definition) is 3. The van der Waals surface area contributed by atoms with Crippen LogP contribution in [-0.4, -0.2) is 17.3 Å². The van der Waals surface area contributed by atoms with Gasteiger partial charge in [-0.1, -0.05) is 0 Å². The first-order valence-electron chi connectivity index (χ1n) is 6.16. The Bertz CT molecular complexity index is 668. The Labute approximate surface area is 111 Å². The normalized spacial score (nSPS) is 10.8. The quantitative estimate of drug-likeness (QED) is 0.787. The van der Waals surface area contributed by atoms with Crippen LogP contribution in [0.1, 0.15) is 22.3 Å². The fraction of sp³-hybridized carbons (Fsp3) is 0.357. The summed E-state index contributed by atoms with van der Waals surface area (Å²) in [6.45, 7) is 6.22. The first-order chi connectivity index (χ1) is 9.01. The molecule has 0 fully saturated rings. The number of benzene rings is 1. The lowest BCUT2D eigenvalue weighted by Crippen LogP contribution is -2.11. The molecule has 19 heavy (non-hydrogen) atoms. The number of ether oxygens (including phenoxy) is 1. The van der Waals surface area contributed by atoms with Crippen LogP contribution >= 0.6 is 0 Å². The molecule has 0 saturated heterocycles. The van der Waals surface area contributed by atoms with Crippen molar-refractivity contribution in [1.29, 1.82) is 0 Å². The van der Waals surface area contributed by atoms with Crippen LogP contribution in [0.5, 0.6) is 5.75 Å². The molecule has 1 heterocycles.